The average Bonchev–Trinajstić information content (AvgIpc) is 2.63. The van der Waals surface area contributed by atoms with Gasteiger partial charge in [-0.05, 0) is 29.0 Å². The second kappa shape index (κ2) is 3.72. The SMILES string of the molecule is CC1(C)C(n2c(CCl)nc3ccc(F)cc32)C1(C)C. The first kappa shape index (κ1) is 12.9. The van der Waals surface area contributed by atoms with Crippen LogP contribution in [0.3, 0.4) is 0 Å². The van der Waals surface area contributed by atoms with E-state index in [4.69, 9.17) is 11.6 Å². The minimum Gasteiger partial charge on any atom is -0.323 e. The Morgan fingerprint density at radius 1 is 1.26 bits per heavy atom. The Bertz CT molecular complexity index is 643. The Kier molecular flexibility index (Phi) is 2.53. The van der Waals surface area contributed by atoms with Gasteiger partial charge in [0.05, 0.1) is 16.9 Å². The highest BCUT2D eigenvalue weighted by atomic mass is 35.5. The number of hydrogen-bond acceptors (Lipinski definition) is 1. The molecule has 0 bridgehead atoms. The molecule has 2 nitrogen and oxygen atoms in total. The van der Waals surface area contributed by atoms with Crippen LogP contribution in [-0.2, 0) is 5.88 Å². The summed E-state index contributed by atoms with van der Waals surface area (Å²) >= 11 is 6.02. The maximum Gasteiger partial charge on any atom is 0.125 e. The second-order valence-corrected chi connectivity index (χ2v) is 6.78. The lowest BCUT2D eigenvalue weighted by Crippen LogP contribution is -2.05. The lowest BCUT2D eigenvalue weighted by atomic mass is 10.0. The molecule has 0 unspecified atom stereocenters. The Morgan fingerprint density at radius 2 is 1.89 bits per heavy atom. The molecule has 1 aliphatic carbocycles. The molecule has 102 valence electrons. The zero-order chi connectivity index (χ0) is 14.0. The van der Waals surface area contributed by atoms with Gasteiger partial charge in [-0.2, -0.15) is 0 Å². The molecule has 19 heavy (non-hydrogen) atoms. The van der Waals surface area contributed by atoms with Crippen molar-refractivity contribution in [2.24, 2.45) is 10.8 Å². The van der Waals surface area contributed by atoms with E-state index in [1.54, 1.807) is 12.1 Å². The lowest BCUT2D eigenvalue weighted by Gasteiger charge is -2.10. The van der Waals surface area contributed by atoms with Crippen molar-refractivity contribution in [2.45, 2.75) is 39.6 Å². The first-order valence-corrected chi connectivity index (χ1v) is 7.06. The molecule has 0 amide bonds. The fraction of sp³-hybridized carbons (Fsp3) is 0.533. The fourth-order valence-corrected chi connectivity index (χ4v) is 3.49. The Morgan fingerprint density at radius 3 is 2.42 bits per heavy atom. The third-order valence-electron chi connectivity index (χ3n) is 5.05. The first-order chi connectivity index (χ1) is 8.80. The van der Waals surface area contributed by atoms with E-state index in [1.807, 2.05) is 0 Å². The second-order valence-electron chi connectivity index (χ2n) is 6.51. The average molecular weight is 281 g/mol. The van der Waals surface area contributed by atoms with Crippen LogP contribution >= 0.6 is 11.6 Å². The summed E-state index contributed by atoms with van der Waals surface area (Å²) in [5.74, 6) is 0.941. The molecular formula is C15H18ClFN2. The van der Waals surface area contributed by atoms with Crippen LogP contribution in [-0.4, -0.2) is 9.55 Å². The third-order valence-corrected chi connectivity index (χ3v) is 5.29. The number of alkyl halides is 1. The van der Waals surface area contributed by atoms with Crippen molar-refractivity contribution < 1.29 is 4.39 Å². The van der Waals surface area contributed by atoms with Gasteiger partial charge >= 0.3 is 0 Å². The predicted molar refractivity (Wildman–Crippen MR) is 75.8 cm³/mol. The Hall–Kier alpha value is -1.09. The van der Waals surface area contributed by atoms with Gasteiger partial charge in [0.15, 0.2) is 0 Å². The summed E-state index contributed by atoms with van der Waals surface area (Å²) in [6.07, 6.45) is 0. The van der Waals surface area contributed by atoms with Gasteiger partial charge in [0, 0.05) is 6.04 Å². The van der Waals surface area contributed by atoms with E-state index in [0.717, 1.165) is 16.9 Å². The maximum atomic E-state index is 13.5. The predicted octanol–water partition coefficient (Wildman–Crippen LogP) is 4.52. The van der Waals surface area contributed by atoms with Crippen LogP contribution in [0.15, 0.2) is 18.2 Å². The van der Waals surface area contributed by atoms with Gasteiger partial charge in [0.2, 0.25) is 0 Å². The number of imidazole rings is 1. The van der Waals surface area contributed by atoms with Crippen molar-refractivity contribution in [3.05, 3.63) is 29.8 Å². The molecule has 1 aromatic carbocycles. The quantitative estimate of drug-likeness (QED) is 0.740. The standard InChI is InChI=1S/C15H18ClFN2/c1-14(2)13(15(14,3)4)19-11-7-9(17)5-6-10(11)18-12(19)8-16/h5-7,13H,8H2,1-4H3. The normalized spacial score (nSPS) is 20.9. The van der Waals surface area contributed by atoms with E-state index < -0.39 is 0 Å². The molecule has 1 aromatic heterocycles. The molecular weight excluding hydrogens is 263 g/mol. The van der Waals surface area contributed by atoms with Crippen molar-refractivity contribution >= 4 is 22.6 Å². The largest absolute Gasteiger partial charge is 0.323 e. The van der Waals surface area contributed by atoms with Crippen molar-refractivity contribution in [3.8, 4) is 0 Å². The molecule has 0 radical (unpaired) electrons. The third kappa shape index (κ3) is 1.57. The molecule has 0 saturated heterocycles. The molecule has 0 aliphatic heterocycles. The molecule has 1 heterocycles. The molecule has 0 N–H and O–H groups in total. The van der Waals surface area contributed by atoms with E-state index in [2.05, 4.69) is 37.2 Å². The number of rotatable bonds is 2. The van der Waals surface area contributed by atoms with Gasteiger partial charge in [0.1, 0.15) is 11.6 Å². The molecule has 3 rings (SSSR count). The van der Waals surface area contributed by atoms with E-state index >= 15 is 0 Å². The van der Waals surface area contributed by atoms with Crippen LogP contribution in [0.4, 0.5) is 4.39 Å². The Balaban J connectivity index is 2.26. The molecule has 1 aliphatic rings. The summed E-state index contributed by atoms with van der Waals surface area (Å²) in [6, 6.07) is 5.03. The molecule has 4 heteroatoms. The summed E-state index contributed by atoms with van der Waals surface area (Å²) < 4.78 is 15.7. The number of hydrogen-bond donors (Lipinski definition) is 0. The number of halogens is 2. The minimum absolute atomic E-state index is 0.160. The highest BCUT2D eigenvalue weighted by Gasteiger charge is 2.66. The van der Waals surface area contributed by atoms with E-state index in [0.29, 0.717) is 11.9 Å². The van der Waals surface area contributed by atoms with Crippen LogP contribution in [0.1, 0.15) is 39.6 Å². The van der Waals surface area contributed by atoms with Crippen LogP contribution in [0.5, 0.6) is 0 Å². The molecule has 1 saturated carbocycles. The monoisotopic (exact) mass is 280 g/mol. The molecule has 2 aromatic rings. The number of fused-ring (bicyclic) bond motifs is 1. The van der Waals surface area contributed by atoms with Gasteiger partial charge in [-0.25, -0.2) is 9.37 Å². The van der Waals surface area contributed by atoms with Gasteiger partial charge < -0.3 is 4.57 Å². The van der Waals surface area contributed by atoms with Crippen LogP contribution in [0, 0.1) is 16.6 Å². The Labute approximate surface area is 117 Å². The highest BCUT2D eigenvalue weighted by Crippen LogP contribution is 2.72. The zero-order valence-electron chi connectivity index (χ0n) is 11.7. The topological polar surface area (TPSA) is 17.8 Å². The number of benzene rings is 1. The highest BCUT2D eigenvalue weighted by molar-refractivity contribution is 6.16. The number of aromatic nitrogens is 2. The maximum absolute atomic E-state index is 13.5. The smallest absolute Gasteiger partial charge is 0.125 e. The van der Waals surface area contributed by atoms with E-state index in [1.165, 1.54) is 6.07 Å². The lowest BCUT2D eigenvalue weighted by molar-refractivity contribution is 0.457. The van der Waals surface area contributed by atoms with Gasteiger partial charge in [-0.15, -0.1) is 11.6 Å². The summed E-state index contributed by atoms with van der Waals surface area (Å²) in [4.78, 5) is 4.53. The summed E-state index contributed by atoms with van der Waals surface area (Å²) in [6.45, 7) is 8.95. The van der Waals surface area contributed by atoms with Gasteiger partial charge in [-0.1, -0.05) is 27.7 Å². The van der Waals surface area contributed by atoms with Crippen LogP contribution < -0.4 is 0 Å². The van der Waals surface area contributed by atoms with Gasteiger partial charge in [0.25, 0.3) is 0 Å². The van der Waals surface area contributed by atoms with Crippen molar-refractivity contribution in [2.75, 3.05) is 0 Å². The van der Waals surface area contributed by atoms with Crippen LogP contribution in [0.2, 0.25) is 0 Å². The molecule has 1 fully saturated rings. The molecule has 0 atom stereocenters. The van der Waals surface area contributed by atoms with E-state index in [-0.39, 0.29) is 16.6 Å². The zero-order valence-corrected chi connectivity index (χ0v) is 12.4. The summed E-state index contributed by atoms with van der Waals surface area (Å²) in [5, 5.41) is 0. The van der Waals surface area contributed by atoms with Crippen molar-refractivity contribution in [1.29, 1.82) is 0 Å². The van der Waals surface area contributed by atoms with Crippen LogP contribution in [0.25, 0.3) is 11.0 Å². The number of nitrogens with zero attached hydrogens (tertiary/aromatic N) is 2. The van der Waals surface area contributed by atoms with Crippen molar-refractivity contribution in [3.63, 3.8) is 0 Å². The van der Waals surface area contributed by atoms with Gasteiger partial charge in [-0.3, -0.25) is 0 Å². The fourth-order valence-electron chi connectivity index (χ4n) is 3.31. The minimum atomic E-state index is -0.231. The van der Waals surface area contributed by atoms with Crippen molar-refractivity contribution in [1.82, 2.24) is 9.55 Å². The summed E-state index contributed by atoms with van der Waals surface area (Å²) in [5.41, 5.74) is 1.98. The first-order valence-electron chi connectivity index (χ1n) is 6.53. The molecule has 0 spiro atoms. The summed E-state index contributed by atoms with van der Waals surface area (Å²) in [7, 11) is 0. The van der Waals surface area contributed by atoms with E-state index in [9.17, 15) is 4.39 Å².